The third-order valence-corrected chi connectivity index (χ3v) is 6.34. The number of amides is 2. The van der Waals surface area contributed by atoms with E-state index in [2.05, 4.69) is 0 Å². The molecule has 0 fully saturated rings. The Hall–Kier alpha value is -2.79. The molecule has 0 unspecified atom stereocenters. The maximum Gasteiger partial charge on any atom is 0.332 e. The predicted molar refractivity (Wildman–Crippen MR) is 112 cm³/mol. The number of ether oxygens (including phenoxy) is 3. The molecule has 11 heteroatoms. The van der Waals surface area contributed by atoms with Crippen molar-refractivity contribution in [2.75, 3.05) is 20.3 Å². The normalized spacial score (nSPS) is 14.7. The lowest BCUT2D eigenvalue weighted by Gasteiger charge is -2.29. The number of hydrogen-bond donors (Lipinski definition) is 1. The van der Waals surface area contributed by atoms with E-state index >= 15 is 0 Å². The summed E-state index contributed by atoms with van der Waals surface area (Å²) < 4.78 is 18.7. The largest absolute Gasteiger partial charge is 0.455 e. The van der Waals surface area contributed by atoms with Crippen molar-refractivity contribution in [3.63, 3.8) is 0 Å². The van der Waals surface area contributed by atoms with Gasteiger partial charge in [0.05, 0.1) is 31.6 Å². The molecular formula is C19H26N4O6S. The number of nitrogens with two attached hydrogens (primary N) is 1. The number of carbonyl (C=O) groups is 1. The molecule has 3 rings (SSSR count). The number of hydrogen-bond acceptors (Lipinski definition) is 7. The Kier molecular flexibility index (Phi) is 6.22. The summed E-state index contributed by atoms with van der Waals surface area (Å²) in [6, 6.07) is -0.644. The van der Waals surface area contributed by atoms with E-state index in [1.807, 2.05) is 6.92 Å². The number of aromatic nitrogens is 2. The van der Waals surface area contributed by atoms with Gasteiger partial charge in [-0.25, -0.2) is 9.59 Å². The molecule has 0 saturated heterocycles. The lowest BCUT2D eigenvalue weighted by Crippen LogP contribution is -2.46. The highest BCUT2D eigenvalue weighted by Gasteiger charge is 2.34. The van der Waals surface area contributed by atoms with E-state index < -0.39 is 11.8 Å². The van der Waals surface area contributed by atoms with E-state index in [4.69, 9.17) is 19.9 Å². The maximum atomic E-state index is 13.0. The highest BCUT2D eigenvalue weighted by molar-refractivity contribution is 7.18. The van der Waals surface area contributed by atoms with Crippen molar-refractivity contribution in [3.05, 3.63) is 43.8 Å². The minimum absolute atomic E-state index is 0.0959. The van der Waals surface area contributed by atoms with Crippen molar-refractivity contribution >= 4 is 27.6 Å². The number of primary amides is 1. The lowest BCUT2D eigenvalue weighted by molar-refractivity contribution is -0.136. The summed E-state index contributed by atoms with van der Waals surface area (Å²) in [7, 11) is 1.55. The first kappa shape index (κ1) is 21.9. The predicted octanol–water partition coefficient (Wildman–Crippen LogP) is 1.31. The van der Waals surface area contributed by atoms with Crippen LogP contribution in [0.5, 0.6) is 0 Å². The fraction of sp³-hybridized carbons (Fsp3) is 0.526. The topological polar surface area (TPSA) is 118 Å². The van der Waals surface area contributed by atoms with Crippen LogP contribution in [0.2, 0.25) is 0 Å². The van der Waals surface area contributed by atoms with Gasteiger partial charge in [-0.05, 0) is 19.4 Å². The molecule has 2 aromatic heterocycles. The van der Waals surface area contributed by atoms with Gasteiger partial charge in [0.1, 0.15) is 17.4 Å². The number of aryl methyl sites for hydroxylation is 1. The zero-order valence-electron chi connectivity index (χ0n) is 17.5. The molecule has 0 spiro atoms. The summed E-state index contributed by atoms with van der Waals surface area (Å²) >= 11 is 1.30. The van der Waals surface area contributed by atoms with Gasteiger partial charge in [0.2, 0.25) is 0 Å². The number of rotatable bonds is 8. The van der Waals surface area contributed by atoms with Crippen LogP contribution < -0.4 is 17.0 Å². The van der Waals surface area contributed by atoms with E-state index in [0.29, 0.717) is 23.4 Å². The highest BCUT2D eigenvalue weighted by Crippen LogP contribution is 2.30. The SMILES string of the molecule is CCn1c(=O)c2c(C)c(CN(CC3(C)OC=CO3)C(N)=O)sc2n(CCOC)c1=O. The Morgan fingerprint density at radius 3 is 2.53 bits per heavy atom. The van der Waals surface area contributed by atoms with Gasteiger partial charge in [0, 0.05) is 25.5 Å². The highest BCUT2D eigenvalue weighted by atomic mass is 32.1. The molecule has 2 N–H and O–H groups in total. The molecule has 164 valence electrons. The van der Waals surface area contributed by atoms with Crippen molar-refractivity contribution in [3.8, 4) is 0 Å². The van der Waals surface area contributed by atoms with Crippen LogP contribution in [0.1, 0.15) is 24.3 Å². The Morgan fingerprint density at radius 2 is 1.97 bits per heavy atom. The van der Waals surface area contributed by atoms with Crippen LogP contribution in [-0.2, 0) is 33.8 Å². The zero-order chi connectivity index (χ0) is 22.1. The monoisotopic (exact) mass is 438 g/mol. The number of nitrogens with zero attached hydrogens (tertiary/aromatic N) is 3. The fourth-order valence-corrected chi connectivity index (χ4v) is 4.76. The summed E-state index contributed by atoms with van der Waals surface area (Å²) in [6.07, 6.45) is 2.82. The van der Waals surface area contributed by atoms with Crippen LogP contribution in [-0.4, -0.2) is 46.1 Å². The Bertz CT molecular complexity index is 1090. The quantitative estimate of drug-likeness (QED) is 0.664. The van der Waals surface area contributed by atoms with Crippen LogP contribution in [0, 0.1) is 6.92 Å². The van der Waals surface area contributed by atoms with Crippen molar-refractivity contribution in [2.45, 2.75) is 46.2 Å². The molecule has 0 radical (unpaired) electrons. The molecule has 2 aromatic rings. The Morgan fingerprint density at radius 1 is 1.30 bits per heavy atom. The second kappa shape index (κ2) is 8.52. The summed E-state index contributed by atoms with van der Waals surface area (Å²) in [5.41, 5.74) is 5.59. The molecule has 1 aliphatic rings. The van der Waals surface area contributed by atoms with Gasteiger partial charge in [0.15, 0.2) is 0 Å². The van der Waals surface area contributed by atoms with E-state index in [-0.39, 0.29) is 30.9 Å². The molecule has 0 atom stereocenters. The summed E-state index contributed by atoms with van der Waals surface area (Å²) in [6.45, 7) is 6.43. The van der Waals surface area contributed by atoms with Crippen LogP contribution in [0.4, 0.5) is 4.79 Å². The van der Waals surface area contributed by atoms with Crippen LogP contribution in [0.15, 0.2) is 22.1 Å². The lowest BCUT2D eigenvalue weighted by atomic mass is 10.2. The minimum Gasteiger partial charge on any atom is -0.455 e. The third-order valence-electron chi connectivity index (χ3n) is 5.04. The van der Waals surface area contributed by atoms with Crippen LogP contribution in [0.25, 0.3) is 10.2 Å². The second-order valence-electron chi connectivity index (χ2n) is 7.14. The standard InChI is InChI=1S/C19H26N4O6S/c1-5-22-15(24)14-12(2)13(30-16(14)23(18(22)26)6-7-27-4)10-21(17(20)25)11-19(3)28-8-9-29-19/h8-9H,5-7,10-11H2,1-4H3,(H2,20,25). The van der Waals surface area contributed by atoms with Gasteiger partial charge in [-0.15, -0.1) is 11.3 Å². The number of urea groups is 1. The van der Waals surface area contributed by atoms with Crippen molar-refractivity contribution in [1.82, 2.24) is 14.0 Å². The van der Waals surface area contributed by atoms with Gasteiger partial charge in [-0.3, -0.25) is 13.9 Å². The summed E-state index contributed by atoms with van der Waals surface area (Å²) in [4.78, 5) is 40.6. The van der Waals surface area contributed by atoms with E-state index in [1.54, 1.807) is 25.5 Å². The maximum absolute atomic E-state index is 13.0. The molecule has 0 saturated carbocycles. The molecule has 0 bridgehead atoms. The first-order chi connectivity index (χ1) is 14.2. The van der Waals surface area contributed by atoms with E-state index in [0.717, 1.165) is 10.4 Å². The third kappa shape index (κ3) is 3.94. The molecule has 0 aliphatic carbocycles. The van der Waals surface area contributed by atoms with E-state index in [9.17, 15) is 14.4 Å². The van der Waals surface area contributed by atoms with Gasteiger partial charge < -0.3 is 24.8 Å². The Balaban J connectivity index is 2.07. The molecular weight excluding hydrogens is 412 g/mol. The molecule has 3 heterocycles. The van der Waals surface area contributed by atoms with Crippen LogP contribution in [0.3, 0.4) is 0 Å². The van der Waals surface area contributed by atoms with Crippen molar-refractivity contribution < 1.29 is 19.0 Å². The van der Waals surface area contributed by atoms with Gasteiger partial charge in [-0.2, -0.15) is 0 Å². The Labute approximate surface area is 177 Å². The smallest absolute Gasteiger partial charge is 0.332 e. The van der Waals surface area contributed by atoms with Gasteiger partial charge >= 0.3 is 11.7 Å². The number of thiophene rings is 1. The minimum atomic E-state index is -1.03. The van der Waals surface area contributed by atoms with Gasteiger partial charge in [0.25, 0.3) is 11.3 Å². The first-order valence-corrected chi connectivity index (χ1v) is 10.3. The van der Waals surface area contributed by atoms with E-state index in [1.165, 1.54) is 33.3 Å². The van der Waals surface area contributed by atoms with Crippen molar-refractivity contribution in [1.29, 1.82) is 0 Å². The van der Waals surface area contributed by atoms with Crippen LogP contribution >= 0.6 is 11.3 Å². The number of fused-ring (bicyclic) bond motifs is 1. The number of methoxy groups -OCH3 is 1. The molecule has 2 amide bonds. The average molecular weight is 439 g/mol. The summed E-state index contributed by atoms with van der Waals surface area (Å²) in [5, 5.41) is 0.471. The molecule has 0 aromatic carbocycles. The van der Waals surface area contributed by atoms with Gasteiger partial charge in [-0.1, -0.05) is 0 Å². The average Bonchev–Trinajstić information content (AvgIpc) is 3.25. The van der Waals surface area contributed by atoms with Crippen molar-refractivity contribution in [2.24, 2.45) is 5.73 Å². The second-order valence-corrected chi connectivity index (χ2v) is 8.23. The number of carbonyl (C=O) groups excluding carboxylic acids is 1. The molecule has 1 aliphatic heterocycles. The first-order valence-electron chi connectivity index (χ1n) is 9.52. The summed E-state index contributed by atoms with van der Waals surface area (Å²) in [5.74, 6) is -1.03. The molecule has 10 nitrogen and oxygen atoms in total. The molecule has 30 heavy (non-hydrogen) atoms. The fourth-order valence-electron chi connectivity index (χ4n) is 3.43. The zero-order valence-corrected chi connectivity index (χ0v) is 18.3.